The van der Waals surface area contributed by atoms with Crippen molar-refractivity contribution in [2.45, 2.75) is 50.5 Å². The Morgan fingerprint density at radius 3 is 1.72 bits per heavy atom. The molecule has 4 aliphatic carbocycles. The zero-order chi connectivity index (χ0) is 16.9. The number of hydrogen-bond acceptors (Lipinski definition) is 2. The molecular formula is C23H26O2. The zero-order valence-electron chi connectivity index (χ0n) is 14.7. The maximum atomic E-state index is 9.12. The minimum absolute atomic E-state index is 0.0695. The second-order valence-corrected chi connectivity index (χ2v) is 8.63. The van der Waals surface area contributed by atoms with Gasteiger partial charge in [-0.1, -0.05) is 24.3 Å². The molecule has 0 amide bonds. The first-order valence-corrected chi connectivity index (χ1v) is 9.71. The largest absolute Gasteiger partial charge is 0.457 e. The van der Waals surface area contributed by atoms with Crippen molar-refractivity contribution >= 4 is 0 Å². The minimum atomic E-state index is 0.0695. The van der Waals surface area contributed by atoms with Gasteiger partial charge in [0.25, 0.3) is 0 Å². The summed E-state index contributed by atoms with van der Waals surface area (Å²) in [5.74, 6) is 4.65. The second-order valence-electron chi connectivity index (χ2n) is 8.63. The SMILES string of the molecule is OCc1ccc(Oc2ccc(C34CC5CC(CC(C5)C3)C4)cc2)cc1. The van der Waals surface area contributed by atoms with Crippen LogP contribution in [0.1, 0.15) is 49.7 Å². The smallest absolute Gasteiger partial charge is 0.127 e. The van der Waals surface area contributed by atoms with E-state index in [-0.39, 0.29) is 6.61 Å². The van der Waals surface area contributed by atoms with E-state index in [1.165, 1.54) is 44.1 Å². The first-order valence-electron chi connectivity index (χ1n) is 9.71. The summed E-state index contributed by atoms with van der Waals surface area (Å²) in [6.07, 6.45) is 8.68. The third-order valence-corrected chi connectivity index (χ3v) is 6.85. The maximum absolute atomic E-state index is 9.12. The van der Waals surface area contributed by atoms with E-state index in [4.69, 9.17) is 9.84 Å². The van der Waals surface area contributed by atoms with Crippen molar-refractivity contribution < 1.29 is 9.84 Å². The number of aliphatic hydroxyl groups is 1. The summed E-state index contributed by atoms with van der Waals surface area (Å²) in [5, 5.41) is 9.12. The monoisotopic (exact) mass is 334 g/mol. The van der Waals surface area contributed by atoms with Crippen molar-refractivity contribution in [3.63, 3.8) is 0 Å². The van der Waals surface area contributed by atoms with E-state index < -0.39 is 0 Å². The fourth-order valence-corrected chi connectivity index (χ4v) is 6.14. The average molecular weight is 334 g/mol. The fourth-order valence-electron chi connectivity index (χ4n) is 6.14. The highest BCUT2D eigenvalue weighted by molar-refractivity contribution is 5.37. The zero-order valence-corrected chi connectivity index (χ0v) is 14.7. The summed E-state index contributed by atoms with van der Waals surface area (Å²) in [6, 6.07) is 16.5. The molecule has 0 aliphatic heterocycles. The molecule has 6 rings (SSSR count). The second kappa shape index (κ2) is 5.88. The van der Waals surface area contributed by atoms with Gasteiger partial charge in [-0.15, -0.1) is 0 Å². The Morgan fingerprint density at radius 1 is 0.760 bits per heavy atom. The summed E-state index contributed by atoms with van der Waals surface area (Å²) in [6.45, 7) is 0.0695. The molecule has 2 nitrogen and oxygen atoms in total. The lowest BCUT2D eigenvalue weighted by molar-refractivity contribution is -0.00519. The van der Waals surface area contributed by atoms with E-state index in [1.54, 1.807) is 0 Å². The van der Waals surface area contributed by atoms with E-state index in [9.17, 15) is 0 Å². The van der Waals surface area contributed by atoms with Gasteiger partial charge < -0.3 is 9.84 Å². The Labute approximate surface area is 149 Å². The van der Waals surface area contributed by atoms with Crippen molar-refractivity contribution in [3.8, 4) is 11.5 Å². The topological polar surface area (TPSA) is 29.5 Å². The van der Waals surface area contributed by atoms with Gasteiger partial charge in [0.15, 0.2) is 0 Å². The molecule has 0 aromatic heterocycles. The quantitative estimate of drug-likeness (QED) is 0.807. The molecule has 0 unspecified atom stereocenters. The molecule has 0 heterocycles. The highest BCUT2D eigenvalue weighted by atomic mass is 16.5. The molecule has 25 heavy (non-hydrogen) atoms. The summed E-state index contributed by atoms with van der Waals surface area (Å²) in [7, 11) is 0. The van der Waals surface area contributed by atoms with Gasteiger partial charge in [-0.2, -0.15) is 0 Å². The standard InChI is InChI=1S/C23H26O2/c24-15-16-1-5-21(6-2-16)25-22-7-3-20(4-8-22)23-12-17-9-18(13-23)11-19(10-17)14-23/h1-8,17-19,24H,9-15H2. The minimum Gasteiger partial charge on any atom is -0.457 e. The van der Waals surface area contributed by atoms with E-state index in [0.717, 1.165) is 34.8 Å². The molecule has 4 aliphatic rings. The van der Waals surface area contributed by atoms with Crippen LogP contribution >= 0.6 is 0 Å². The Balaban J connectivity index is 1.35. The van der Waals surface area contributed by atoms with E-state index in [1.807, 2.05) is 24.3 Å². The Kier molecular flexibility index (Phi) is 3.63. The van der Waals surface area contributed by atoms with E-state index >= 15 is 0 Å². The van der Waals surface area contributed by atoms with E-state index in [0.29, 0.717) is 5.41 Å². The van der Waals surface area contributed by atoms with Crippen LogP contribution in [0.3, 0.4) is 0 Å². The molecule has 2 aromatic rings. The lowest BCUT2D eigenvalue weighted by atomic mass is 9.48. The van der Waals surface area contributed by atoms with Crippen molar-refractivity contribution in [3.05, 3.63) is 59.7 Å². The van der Waals surface area contributed by atoms with Gasteiger partial charge in [0.1, 0.15) is 11.5 Å². The number of aliphatic hydroxyl groups excluding tert-OH is 1. The molecule has 1 N–H and O–H groups in total. The van der Waals surface area contributed by atoms with Crippen LogP contribution in [0.15, 0.2) is 48.5 Å². The molecule has 2 heteroatoms. The van der Waals surface area contributed by atoms with Gasteiger partial charge in [-0.25, -0.2) is 0 Å². The van der Waals surface area contributed by atoms with E-state index in [2.05, 4.69) is 24.3 Å². The summed E-state index contributed by atoms with van der Waals surface area (Å²) in [4.78, 5) is 0. The van der Waals surface area contributed by atoms with Crippen molar-refractivity contribution in [2.24, 2.45) is 17.8 Å². The van der Waals surface area contributed by atoms with Gasteiger partial charge in [0.05, 0.1) is 6.61 Å². The number of hydrogen-bond donors (Lipinski definition) is 1. The highest BCUT2D eigenvalue weighted by Crippen LogP contribution is 2.60. The summed E-state index contributed by atoms with van der Waals surface area (Å²) >= 11 is 0. The predicted octanol–water partition coefficient (Wildman–Crippen LogP) is 5.44. The normalized spacial score (nSPS) is 32.8. The van der Waals surface area contributed by atoms with Gasteiger partial charge in [0, 0.05) is 0 Å². The molecule has 130 valence electrons. The molecule has 4 saturated carbocycles. The first-order chi connectivity index (χ1) is 12.2. The molecule has 4 fully saturated rings. The van der Waals surface area contributed by atoms with Crippen LogP contribution in [0.5, 0.6) is 11.5 Å². The third kappa shape index (κ3) is 2.77. The van der Waals surface area contributed by atoms with Crippen molar-refractivity contribution in [1.82, 2.24) is 0 Å². The maximum Gasteiger partial charge on any atom is 0.127 e. The summed E-state index contributed by atoms with van der Waals surface area (Å²) in [5.41, 5.74) is 2.90. The lowest BCUT2D eigenvalue weighted by Gasteiger charge is -2.57. The molecule has 2 aromatic carbocycles. The third-order valence-electron chi connectivity index (χ3n) is 6.85. The van der Waals surface area contributed by atoms with Crippen LogP contribution in [0, 0.1) is 17.8 Å². The van der Waals surface area contributed by atoms with Crippen LogP contribution < -0.4 is 4.74 Å². The predicted molar refractivity (Wildman–Crippen MR) is 98.7 cm³/mol. The summed E-state index contributed by atoms with van der Waals surface area (Å²) < 4.78 is 5.97. The van der Waals surface area contributed by atoms with Crippen LogP contribution in [0.25, 0.3) is 0 Å². The number of rotatable bonds is 4. The van der Waals surface area contributed by atoms with Gasteiger partial charge in [0.2, 0.25) is 0 Å². The molecule has 0 atom stereocenters. The van der Waals surface area contributed by atoms with Crippen LogP contribution in [0.2, 0.25) is 0 Å². The molecular weight excluding hydrogens is 308 g/mol. The fraction of sp³-hybridized carbons (Fsp3) is 0.478. The number of ether oxygens (including phenoxy) is 1. The first kappa shape index (κ1) is 15.5. The Morgan fingerprint density at radius 2 is 1.24 bits per heavy atom. The highest BCUT2D eigenvalue weighted by Gasteiger charge is 2.51. The molecule has 0 saturated heterocycles. The number of benzene rings is 2. The molecule has 0 radical (unpaired) electrons. The van der Waals surface area contributed by atoms with Gasteiger partial charge in [-0.05, 0) is 97.1 Å². The van der Waals surface area contributed by atoms with Gasteiger partial charge in [-0.3, -0.25) is 0 Å². The van der Waals surface area contributed by atoms with Crippen molar-refractivity contribution in [1.29, 1.82) is 0 Å². The Hall–Kier alpha value is -1.80. The molecule has 4 bridgehead atoms. The van der Waals surface area contributed by atoms with Crippen LogP contribution in [-0.2, 0) is 12.0 Å². The average Bonchev–Trinajstić information content (AvgIpc) is 2.62. The Bertz CT molecular complexity index is 709. The molecule has 0 spiro atoms. The van der Waals surface area contributed by atoms with Gasteiger partial charge >= 0.3 is 0 Å². The lowest BCUT2D eigenvalue weighted by Crippen LogP contribution is -2.48. The van der Waals surface area contributed by atoms with Crippen LogP contribution in [0.4, 0.5) is 0 Å². The van der Waals surface area contributed by atoms with Crippen LogP contribution in [-0.4, -0.2) is 5.11 Å². The van der Waals surface area contributed by atoms with Crippen molar-refractivity contribution in [2.75, 3.05) is 0 Å².